The summed E-state index contributed by atoms with van der Waals surface area (Å²) in [5.41, 5.74) is 4.48. The van der Waals surface area contributed by atoms with Crippen molar-refractivity contribution in [3.63, 3.8) is 0 Å². The summed E-state index contributed by atoms with van der Waals surface area (Å²) in [7, 11) is 1.67. The first-order valence-corrected chi connectivity index (χ1v) is 10.8. The van der Waals surface area contributed by atoms with E-state index in [0.29, 0.717) is 0 Å². The Balaban J connectivity index is 1.39. The normalized spacial score (nSPS) is 10.9. The number of rotatable bonds is 7. The summed E-state index contributed by atoms with van der Waals surface area (Å²) in [6.07, 6.45) is 1.03. The minimum absolute atomic E-state index is 0.730. The van der Waals surface area contributed by atoms with Gasteiger partial charge in [0.2, 0.25) is 5.16 Å². The van der Waals surface area contributed by atoms with Crippen LogP contribution in [0.5, 0.6) is 5.75 Å². The Bertz CT molecular complexity index is 953. The lowest BCUT2D eigenvalue weighted by molar-refractivity contribution is 0.415. The molecule has 0 radical (unpaired) electrons. The highest BCUT2D eigenvalue weighted by Gasteiger charge is 2.09. The number of nitrogens with zero attached hydrogens (tertiary/aromatic N) is 3. The summed E-state index contributed by atoms with van der Waals surface area (Å²) in [5.74, 6) is 2.38. The van der Waals surface area contributed by atoms with E-state index in [1.54, 1.807) is 30.2 Å². The third-order valence-electron chi connectivity index (χ3n) is 4.34. The quantitative estimate of drug-likeness (QED) is 0.412. The van der Waals surface area contributed by atoms with Gasteiger partial charge in [0, 0.05) is 22.3 Å². The largest absolute Gasteiger partial charge is 0.497 e. The Labute approximate surface area is 172 Å². The molecule has 0 saturated heterocycles. The van der Waals surface area contributed by atoms with Crippen LogP contribution in [0.15, 0.2) is 59.1 Å². The predicted octanol–water partition coefficient (Wildman–Crippen LogP) is 5.46. The van der Waals surface area contributed by atoms with Crippen LogP contribution in [0.25, 0.3) is 22.0 Å². The van der Waals surface area contributed by atoms with Crippen LogP contribution in [0.4, 0.5) is 0 Å². The van der Waals surface area contributed by atoms with Gasteiger partial charge in [-0.2, -0.15) is 0 Å². The van der Waals surface area contributed by atoms with Gasteiger partial charge in [0.15, 0.2) is 5.82 Å². The molecular weight excluding hydrogens is 388 g/mol. The molecule has 7 heteroatoms. The number of aromatic amines is 1. The first-order valence-electron chi connectivity index (χ1n) is 8.98. The lowest BCUT2D eigenvalue weighted by Crippen LogP contribution is -1.85. The zero-order valence-electron chi connectivity index (χ0n) is 15.7. The fourth-order valence-corrected chi connectivity index (χ4v) is 4.34. The highest BCUT2D eigenvalue weighted by Crippen LogP contribution is 2.28. The number of methoxy groups -OCH3 is 1. The standard InChI is InChI=1S/C21H20N4OS2/c1-3-14-4-6-15(7-5-14)19-23-21(25-24-19)28-13-17-12-27-20(22-17)16-8-10-18(26-2)11-9-16/h4-12H,3,13H2,1-2H3,(H,23,24,25). The van der Waals surface area contributed by atoms with Gasteiger partial charge in [-0.25, -0.2) is 9.97 Å². The van der Waals surface area contributed by atoms with Crippen LogP contribution < -0.4 is 4.74 Å². The number of aryl methyl sites for hydroxylation is 1. The minimum Gasteiger partial charge on any atom is -0.497 e. The monoisotopic (exact) mass is 408 g/mol. The van der Waals surface area contributed by atoms with E-state index in [9.17, 15) is 0 Å². The Morgan fingerprint density at radius 1 is 1.00 bits per heavy atom. The fraction of sp³-hybridized carbons (Fsp3) is 0.190. The average molecular weight is 409 g/mol. The van der Waals surface area contributed by atoms with Crippen molar-refractivity contribution in [2.45, 2.75) is 24.3 Å². The van der Waals surface area contributed by atoms with Crippen molar-refractivity contribution in [2.75, 3.05) is 7.11 Å². The highest BCUT2D eigenvalue weighted by molar-refractivity contribution is 7.98. The first kappa shape index (κ1) is 18.7. The number of ether oxygens (including phenoxy) is 1. The number of H-pyrrole nitrogens is 1. The van der Waals surface area contributed by atoms with E-state index in [1.807, 2.05) is 24.3 Å². The van der Waals surface area contributed by atoms with Gasteiger partial charge in [0.25, 0.3) is 0 Å². The number of hydrogen-bond donors (Lipinski definition) is 1. The van der Waals surface area contributed by atoms with E-state index < -0.39 is 0 Å². The van der Waals surface area contributed by atoms with Gasteiger partial charge >= 0.3 is 0 Å². The van der Waals surface area contributed by atoms with E-state index in [2.05, 4.69) is 51.8 Å². The topological polar surface area (TPSA) is 63.7 Å². The van der Waals surface area contributed by atoms with Crippen LogP contribution in [0.3, 0.4) is 0 Å². The maximum atomic E-state index is 5.21. The number of thioether (sulfide) groups is 1. The molecule has 2 aromatic carbocycles. The Morgan fingerprint density at radius 3 is 2.46 bits per heavy atom. The van der Waals surface area contributed by atoms with Gasteiger partial charge in [0.1, 0.15) is 10.8 Å². The van der Waals surface area contributed by atoms with Crippen LogP contribution in [0, 0.1) is 0 Å². The zero-order chi connectivity index (χ0) is 19.3. The molecule has 0 aliphatic heterocycles. The molecule has 1 N–H and O–H groups in total. The van der Waals surface area contributed by atoms with Crippen LogP contribution in [-0.4, -0.2) is 27.3 Å². The van der Waals surface area contributed by atoms with E-state index >= 15 is 0 Å². The van der Waals surface area contributed by atoms with Crippen molar-refractivity contribution in [3.8, 4) is 27.7 Å². The molecule has 0 amide bonds. The number of thiazole rings is 1. The maximum absolute atomic E-state index is 5.21. The van der Waals surface area contributed by atoms with Crippen molar-refractivity contribution < 1.29 is 4.74 Å². The molecule has 2 aromatic heterocycles. The maximum Gasteiger partial charge on any atom is 0.209 e. The Kier molecular flexibility index (Phi) is 5.73. The predicted molar refractivity (Wildman–Crippen MR) is 115 cm³/mol. The van der Waals surface area contributed by atoms with Crippen molar-refractivity contribution >= 4 is 23.1 Å². The third kappa shape index (κ3) is 4.26. The molecule has 0 saturated carbocycles. The molecule has 0 unspecified atom stereocenters. The molecule has 0 aliphatic carbocycles. The summed E-state index contributed by atoms with van der Waals surface area (Å²) < 4.78 is 5.21. The van der Waals surface area contributed by atoms with Crippen molar-refractivity contribution in [2.24, 2.45) is 0 Å². The van der Waals surface area contributed by atoms with Gasteiger partial charge < -0.3 is 4.74 Å². The van der Waals surface area contributed by atoms with E-state index in [-0.39, 0.29) is 0 Å². The molecule has 142 valence electrons. The van der Waals surface area contributed by atoms with Gasteiger partial charge in [-0.05, 0) is 36.2 Å². The van der Waals surface area contributed by atoms with Crippen LogP contribution in [-0.2, 0) is 12.2 Å². The summed E-state index contributed by atoms with van der Waals surface area (Å²) in [6.45, 7) is 2.15. The molecule has 0 spiro atoms. The van der Waals surface area contributed by atoms with Crippen LogP contribution >= 0.6 is 23.1 Å². The number of aromatic nitrogens is 4. The number of benzene rings is 2. The Hall–Kier alpha value is -2.64. The zero-order valence-corrected chi connectivity index (χ0v) is 17.3. The average Bonchev–Trinajstić information content (AvgIpc) is 3.42. The molecule has 4 aromatic rings. The molecule has 2 heterocycles. The molecule has 4 rings (SSSR count). The van der Waals surface area contributed by atoms with Crippen molar-refractivity contribution in [3.05, 3.63) is 65.2 Å². The van der Waals surface area contributed by atoms with Crippen LogP contribution in [0.1, 0.15) is 18.2 Å². The second kappa shape index (κ2) is 8.58. The molecule has 28 heavy (non-hydrogen) atoms. The smallest absolute Gasteiger partial charge is 0.209 e. The number of nitrogens with one attached hydrogen (secondary N) is 1. The first-order chi connectivity index (χ1) is 13.7. The van der Waals surface area contributed by atoms with Crippen molar-refractivity contribution in [1.82, 2.24) is 20.2 Å². The highest BCUT2D eigenvalue weighted by atomic mass is 32.2. The minimum atomic E-state index is 0.730. The summed E-state index contributed by atoms with van der Waals surface area (Å²) >= 11 is 3.22. The summed E-state index contributed by atoms with van der Waals surface area (Å²) in [5, 5.41) is 11.2. The van der Waals surface area contributed by atoms with E-state index in [1.165, 1.54) is 5.56 Å². The fourth-order valence-electron chi connectivity index (χ4n) is 2.72. The molecule has 5 nitrogen and oxygen atoms in total. The van der Waals surface area contributed by atoms with Gasteiger partial charge in [-0.15, -0.1) is 16.4 Å². The second-order valence-electron chi connectivity index (χ2n) is 6.18. The summed E-state index contributed by atoms with van der Waals surface area (Å²) in [6, 6.07) is 16.4. The van der Waals surface area contributed by atoms with Gasteiger partial charge in [-0.3, -0.25) is 5.10 Å². The van der Waals surface area contributed by atoms with E-state index in [0.717, 1.165) is 50.7 Å². The van der Waals surface area contributed by atoms with Gasteiger partial charge in [0.05, 0.1) is 12.8 Å². The lowest BCUT2D eigenvalue weighted by atomic mass is 10.1. The van der Waals surface area contributed by atoms with E-state index in [4.69, 9.17) is 9.72 Å². The SMILES string of the molecule is CCc1ccc(-c2nc(SCc3csc(-c4ccc(OC)cc4)n3)n[nH]2)cc1. The molecular formula is C21H20N4OS2. The summed E-state index contributed by atoms with van der Waals surface area (Å²) in [4.78, 5) is 9.32. The Morgan fingerprint density at radius 2 is 1.75 bits per heavy atom. The lowest BCUT2D eigenvalue weighted by Gasteiger charge is -2.00. The molecule has 0 fully saturated rings. The number of hydrogen-bond acceptors (Lipinski definition) is 6. The second-order valence-corrected chi connectivity index (χ2v) is 7.98. The third-order valence-corrected chi connectivity index (χ3v) is 6.16. The molecule has 0 atom stereocenters. The molecule has 0 aliphatic rings. The van der Waals surface area contributed by atoms with Gasteiger partial charge in [-0.1, -0.05) is 43.0 Å². The molecule has 0 bridgehead atoms. The van der Waals surface area contributed by atoms with Crippen molar-refractivity contribution in [1.29, 1.82) is 0 Å². The van der Waals surface area contributed by atoms with Crippen LogP contribution in [0.2, 0.25) is 0 Å².